The Morgan fingerprint density at radius 2 is 2.00 bits per heavy atom. The van der Waals surface area contributed by atoms with E-state index in [4.69, 9.17) is 0 Å². The third-order valence-corrected chi connectivity index (χ3v) is 1.97. The van der Waals surface area contributed by atoms with Crippen LogP contribution in [-0.4, -0.2) is 24.5 Å². The highest BCUT2D eigenvalue weighted by molar-refractivity contribution is 4.75. The van der Waals surface area contributed by atoms with Gasteiger partial charge in [-0.1, -0.05) is 27.7 Å². The minimum atomic E-state index is 0. The molecule has 0 bridgehead atoms. The summed E-state index contributed by atoms with van der Waals surface area (Å²) in [5.74, 6) is 0.974. The third kappa shape index (κ3) is 2.70. The van der Waals surface area contributed by atoms with Gasteiger partial charge in [0.15, 0.2) is 0 Å². The van der Waals surface area contributed by atoms with Crippen molar-refractivity contribution < 1.29 is 0 Å². The molecule has 0 aromatic heterocycles. The highest BCUT2D eigenvalue weighted by atomic mass is 15.2. The zero-order chi connectivity index (χ0) is 6.69. The maximum atomic E-state index is 2.54. The zero-order valence-electron chi connectivity index (χ0n) is 6.56. The molecule has 0 atom stereocenters. The molecular weight excluding hydrogens is 122 g/mol. The van der Waals surface area contributed by atoms with Crippen LogP contribution in [0.5, 0.6) is 0 Å². The molecule has 0 radical (unpaired) electrons. The molecule has 0 saturated carbocycles. The zero-order valence-corrected chi connectivity index (χ0v) is 6.56. The monoisotopic (exact) mass is 143 g/mol. The lowest BCUT2D eigenvalue weighted by Gasteiger charge is -2.37. The summed E-state index contributed by atoms with van der Waals surface area (Å²) in [5, 5.41) is 0. The van der Waals surface area contributed by atoms with Crippen molar-refractivity contribution in [3.8, 4) is 0 Å². The molecule has 0 aromatic carbocycles. The highest BCUT2D eigenvalue weighted by Crippen LogP contribution is 2.13. The molecule has 1 aliphatic rings. The number of hydrogen-bond acceptors (Lipinski definition) is 1. The Kier molecular flexibility index (Phi) is 4.71. The molecule has 1 nitrogen and oxygen atoms in total. The Morgan fingerprint density at radius 3 is 2.40 bits per heavy atom. The van der Waals surface area contributed by atoms with Gasteiger partial charge in [0.05, 0.1) is 0 Å². The summed E-state index contributed by atoms with van der Waals surface area (Å²) in [4.78, 5) is 2.54. The molecule has 10 heavy (non-hydrogen) atoms. The van der Waals surface area contributed by atoms with E-state index >= 15 is 0 Å². The van der Waals surface area contributed by atoms with Crippen molar-refractivity contribution in [2.75, 3.05) is 19.6 Å². The molecule has 0 aliphatic carbocycles. The molecule has 0 amide bonds. The lowest BCUT2D eigenvalue weighted by atomic mass is 10.0. The van der Waals surface area contributed by atoms with Crippen LogP contribution < -0.4 is 0 Å². The molecule has 0 unspecified atom stereocenters. The fourth-order valence-corrected chi connectivity index (χ4v) is 1.39. The topological polar surface area (TPSA) is 3.24 Å². The molecule has 62 valence electrons. The van der Waals surface area contributed by atoms with Gasteiger partial charge in [-0.3, -0.25) is 0 Å². The van der Waals surface area contributed by atoms with E-state index in [1.807, 2.05) is 0 Å². The second-order valence-electron chi connectivity index (χ2n) is 3.22. The molecule has 0 aromatic rings. The summed E-state index contributed by atoms with van der Waals surface area (Å²) >= 11 is 0. The van der Waals surface area contributed by atoms with E-state index in [0.29, 0.717) is 0 Å². The molecular formula is C9H21N. The average molecular weight is 143 g/mol. The fraction of sp³-hybridized carbons (Fsp3) is 1.00. The Hall–Kier alpha value is -0.0400. The summed E-state index contributed by atoms with van der Waals surface area (Å²) in [5.41, 5.74) is 0. The maximum absolute atomic E-state index is 2.54. The lowest BCUT2D eigenvalue weighted by molar-refractivity contribution is 0.111. The van der Waals surface area contributed by atoms with Gasteiger partial charge in [-0.25, -0.2) is 0 Å². The average Bonchev–Trinajstić information content (AvgIpc) is 1.78. The van der Waals surface area contributed by atoms with Gasteiger partial charge in [0.2, 0.25) is 0 Å². The van der Waals surface area contributed by atoms with Crippen LogP contribution in [0.1, 0.15) is 34.1 Å². The van der Waals surface area contributed by atoms with Gasteiger partial charge in [0.25, 0.3) is 0 Å². The van der Waals surface area contributed by atoms with E-state index in [9.17, 15) is 0 Å². The molecule has 0 N–H and O–H groups in total. The van der Waals surface area contributed by atoms with Gasteiger partial charge in [-0.05, 0) is 18.9 Å². The number of nitrogens with zero attached hydrogens (tertiary/aromatic N) is 1. The van der Waals surface area contributed by atoms with Crippen molar-refractivity contribution in [1.82, 2.24) is 4.90 Å². The van der Waals surface area contributed by atoms with Gasteiger partial charge in [-0.2, -0.15) is 0 Å². The van der Waals surface area contributed by atoms with E-state index in [2.05, 4.69) is 18.7 Å². The summed E-state index contributed by atoms with van der Waals surface area (Å²) in [7, 11) is 0. The van der Waals surface area contributed by atoms with E-state index in [-0.39, 0.29) is 7.43 Å². The highest BCUT2D eigenvalue weighted by Gasteiger charge is 2.20. The van der Waals surface area contributed by atoms with Gasteiger partial charge in [0.1, 0.15) is 0 Å². The standard InChI is InChI=1S/C8H17N.CH4/c1-3-4-5-9-6-8(2)7-9;/h8H,3-7H2,1-2H3;1H4. The van der Waals surface area contributed by atoms with Crippen LogP contribution in [-0.2, 0) is 0 Å². The predicted octanol–water partition coefficient (Wildman–Crippen LogP) is 2.37. The van der Waals surface area contributed by atoms with Crippen molar-refractivity contribution in [3.63, 3.8) is 0 Å². The summed E-state index contributed by atoms with van der Waals surface area (Å²) in [6.45, 7) is 8.60. The van der Waals surface area contributed by atoms with Crippen LogP contribution in [0, 0.1) is 5.92 Å². The minimum absolute atomic E-state index is 0. The number of rotatable bonds is 3. The lowest BCUT2D eigenvalue weighted by Crippen LogP contribution is -2.45. The van der Waals surface area contributed by atoms with Gasteiger partial charge in [0, 0.05) is 13.1 Å². The fourth-order valence-electron chi connectivity index (χ4n) is 1.39. The number of likely N-dealkylation sites (tertiary alicyclic amines) is 1. The van der Waals surface area contributed by atoms with Crippen LogP contribution in [0.4, 0.5) is 0 Å². The van der Waals surface area contributed by atoms with Crippen molar-refractivity contribution >= 4 is 0 Å². The van der Waals surface area contributed by atoms with Gasteiger partial charge >= 0.3 is 0 Å². The van der Waals surface area contributed by atoms with E-state index in [1.165, 1.54) is 32.5 Å². The minimum Gasteiger partial charge on any atom is -0.303 e. The predicted molar refractivity (Wildman–Crippen MR) is 47.2 cm³/mol. The Bertz CT molecular complexity index is 74.8. The first-order chi connectivity index (χ1) is 4.33. The second-order valence-corrected chi connectivity index (χ2v) is 3.22. The molecule has 1 rings (SSSR count). The summed E-state index contributed by atoms with van der Waals surface area (Å²) in [6, 6.07) is 0. The van der Waals surface area contributed by atoms with E-state index in [0.717, 1.165) is 5.92 Å². The largest absolute Gasteiger partial charge is 0.303 e. The summed E-state index contributed by atoms with van der Waals surface area (Å²) in [6.07, 6.45) is 2.72. The van der Waals surface area contributed by atoms with E-state index in [1.54, 1.807) is 0 Å². The molecule has 1 saturated heterocycles. The quantitative estimate of drug-likeness (QED) is 0.586. The molecule has 1 fully saturated rings. The molecule has 1 heteroatoms. The van der Waals surface area contributed by atoms with Gasteiger partial charge in [-0.15, -0.1) is 0 Å². The van der Waals surface area contributed by atoms with Crippen LogP contribution in [0.15, 0.2) is 0 Å². The van der Waals surface area contributed by atoms with Crippen molar-refractivity contribution in [1.29, 1.82) is 0 Å². The normalized spacial score (nSPS) is 19.8. The Labute approximate surface area is 65.4 Å². The molecule has 1 aliphatic heterocycles. The van der Waals surface area contributed by atoms with E-state index < -0.39 is 0 Å². The van der Waals surface area contributed by atoms with Crippen molar-refractivity contribution in [2.45, 2.75) is 34.1 Å². The van der Waals surface area contributed by atoms with Crippen molar-refractivity contribution in [3.05, 3.63) is 0 Å². The second kappa shape index (κ2) is 4.73. The van der Waals surface area contributed by atoms with Crippen LogP contribution in [0.25, 0.3) is 0 Å². The Morgan fingerprint density at radius 1 is 1.40 bits per heavy atom. The van der Waals surface area contributed by atoms with Crippen LogP contribution in [0.2, 0.25) is 0 Å². The maximum Gasteiger partial charge on any atom is 0.00194 e. The van der Waals surface area contributed by atoms with Crippen LogP contribution >= 0.6 is 0 Å². The molecule has 0 spiro atoms. The number of unbranched alkanes of at least 4 members (excludes halogenated alkanes) is 1. The third-order valence-electron chi connectivity index (χ3n) is 1.97. The Balaban J connectivity index is 0.000000810. The smallest absolute Gasteiger partial charge is 0.00194 e. The first kappa shape index (κ1) is 9.96. The SMILES string of the molecule is C.CCCCN1CC(C)C1. The van der Waals surface area contributed by atoms with Crippen molar-refractivity contribution in [2.24, 2.45) is 5.92 Å². The molecule has 1 heterocycles. The van der Waals surface area contributed by atoms with Crippen LogP contribution in [0.3, 0.4) is 0 Å². The first-order valence-electron chi connectivity index (χ1n) is 4.05. The first-order valence-corrected chi connectivity index (χ1v) is 4.05. The van der Waals surface area contributed by atoms with Gasteiger partial charge < -0.3 is 4.90 Å². The summed E-state index contributed by atoms with van der Waals surface area (Å²) < 4.78 is 0. The number of hydrogen-bond donors (Lipinski definition) is 0.